The van der Waals surface area contributed by atoms with E-state index in [4.69, 9.17) is 15.0 Å². The fourth-order valence-electron chi connectivity index (χ4n) is 5.73. The Morgan fingerprint density at radius 1 is 0.789 bits per heavy atom. The molecule has 4 heterocycles. The summed E-state index contributed by atoms with van der Waals surface area (Å²) in [5.41, 5.74) is 6.62. The lowest BCUT2D eigenvalue weighted by molar-refractivity contribution is 0.584. The van der Waals surface area contributed by atoms with Crippen LogP contribution in [0.2, 0.25) is 0 Å². The molecule has 0 N–H and O–H groups in total. The molecule has 0 radical (unpaired) electrons. The molecule has 0 atom stereocenters. The Hall–Kier alpha value is -4.52. The molecular weight excluding hydrogens is 472 g/mol. The van der Waals surface area contributed by atoms with E-state index in [0.717, 1.165) is 47.9 Å². The molecule has 0 fully saturated rings. The van der Waals surface area contributed by atoms with Crippen molar-refractivity contribution >= 4 is 55.0 Å². The minimum atomic E-state index is -0.0666. The van der Waals surface area contributed by atoms with E-state index in [9.17, 15) is 4.79 Å². The average molecular weight is 501 g/mol. The lowest BCUT2D eigenvalue weighted by Gasteiger charge is -2.09. The standard InChI is InChI=1S/C31H28N6O/c1-3-5-10-17-35-19-32-29-27(31(35)38)28-30(34-24-13-8-7-12-23(24)33-28)37(29)20-15-16-26-22(18-20)21-11-6-9-14-25(21)36(26)4-2/h6-9,11-16,18-19H,3-5,10,17H2,1-2H3. The van der Waals surface area contributed by atoms with Crippen LogP contribution in [0.25, 0.3) is 60.7 Å². The second-order valence-electron chi connectivity index (χ2n) is 9.83. The van der Waals surface area contributed by atoms with Crippen LogP contribution < -0.4 is 5.56 Å². The Bertz CT molecular complexity index is 2060. The molecule has 0 amide bonds. The maximum atomic E-state index is 13.8. The minimum absolute atomic E-state index is 0.0666. The Morgan fingerprint density at radius 2 is 1.55 bits per heavy atom. The third-order valence-electron chi connectivity index (χ3n) is 7.56. The summed E-state index contributed by atoms with van der Waals surface area (Å²) < 4.78 is 6.05. The maximum Gasteiger partial charge on any atom is 0.265 e. The fraction of sp³-hybridized carbons (Fsp3) is 0.226. The molecule has 188 valence electrons. The summed E-state index contributed by atoms with van der Waals surface area (Å²) in [5.74, 6) is 0. The predicted octanol–water partition coefficient (Wildman–Crippen LogP) is 6.60. The summed E-state index contributed by atoms with van der Waals surface area (Å²) in [6.07, 6.45) is 4.78. The molecule has 0 bridgehead atoms. The first-order valence-corrected chi connectivity index (χ1v) is 13.4. The maximum absolute atomic E-state index is 13.8. The molecule has 7 rings (SSSR count). The van der Waals surface area contributed by atoms with E-state index in [0.29, 0.717) is 28.7 Å². The van der Waals surface area contributed by atoms with E-state index >= 15 is 0 Å². The van der Waals surface area contributed by atoms with Crippen LogP contribution in [0.4, 0.5) is 0 Å². The SMILES string of the molecule is CCCCCn1cnc2c(c1=O)c1nc3ccccc3nc1n2-c1ccc2c(c1)c1ccccc1n2CC. The van der Waals surface area contributed by atoms with Gasteiger partial charge in [0.05, 0.1) is 17.4 Å². The van der Waals surface area contributed by atoms with E-state index in [1.807, 2.05) is 28.8 Å². The summed E-state index contributed by atoms with van der Waals surface area (Å²) in [5, 5.41) is 2.89. The van der Waals surface area contributed by atoms with Crippen molar-refractivity contribution in [3.05, 3.63) is 83.4 Å². The van der Waals surface area contributed by atoms with Crippen LogP contribution in [0.1, 0.15) is 33.1 Å². The van der Waals surface area contributed by atoms with Crippen LogP contribution in [0.5, 0.6) is 0 Å². The van der Waals surface area contributed by atoms with Crippen molar-refractivity contribution in [3.63, 3.8) is 0 Å². The summed E-state index contributed by atoms with van der Waals surface area (Å²) >= 11 is 0. The van der Waals surface area contributed by atoms with Crippen molar-refractivity contribution in [2.45, 2.75) is 46.2 Å². The third-order valence-corrected chi connectivity index (χ3v) is 7.56. The van der Waals surface area contributed by atoms with Gasteiger partial charge in [-0.15, -0.1) is 0 Å². The smallest absolute Gasteiger partial charge is 0.265 e. The Labute approximate surface area is 219 Å². The number of aryl methyl sites for hydroxylation is 2. The lowest BCUT2D eigenvalue weighted by Crippen LogP contribution is -2.20. The normalized spacial score (nSPS) is 12.1. The van der Waals surface area contributed by atoms with Gasteiger partial charge >= 0.3 is 0 Å². The molecule has 0 spiro atoms. The number of fused-ring (bicyclic) bond motifs is 7. The largest absolute Gasteiger partial charge is 0.341 e. The predicted molar refractivity (Wildman–Crippen MR) is 154 cm³/mol. The number of hydrogen-bond acceptors (Lipinski definition) is 4. The highest BCUT2D eigenvalue weighted by atomic mass is 16.1. The minimum Gasteiger partial charge on any atom is -0.341 e. The quantitative estimate of drug-likeness (QED) is 0.241. The molecule has 38 heavy (non-hydrogen) atoms. The number of unbranched alkanes of at least 4 members (excludes halogenated alkanes) is 2. The van der Waals surface area contributed by atoms with Crippen molar-refractivity contribution in [2.75, 3.05) is 0 Å². The van der Waals surface area contributed by atoms with Gasteiger partial charge in [0.25, 0.3) is 5.56 Å². The molecule has 7 nitrogen and oxygen atoms in total. The van der Waals surface area contributed by atoms with Crippen LogP contribution in [-0.2, 0) is 13.1 Å². The van der Waals surface area contributed by atoms with Crippen LogP contribution in [0, 0.1) is 0 Å². The topological polar surface area (TPSA) is 70.5 Å². The van der Waals surface area contributed by atoms with Crippen LogP contribution in [0.3, 0.4) is 0 Å². The van der Waals surface area contributed by atoms with Crippen LogP contribution in [-0.4, -0.2) is 28.7 Å². The van der Waals surface area contributed by atoms with Gasteiger partial charge in [-0.3, -0.25) is 13.9 Å². The van der Waals surface area contributed by atoms with Gasteiger partial charge in [-0.05, 0) is 49.7 Å². The van der Waals surface area contributed by atoms with Crippen molar-refractivity contribution < 1.29 is 0 Å². The highest BCUT2D eigenvalue weighted by molar-refractivity contribution is 6.10. The van der Waals surface area contributed by atoms with E-state index < -0.39 is 0 Å². The molecule has 0 aliphatic rings. The van der Waals surface area contributed by atoms with Crippen molar-refractivity contribution in [3.8, 4) is 5.69 Å². The molecule has 0 saturated heterocycles. The number of aromatic nitrogens is 6. The molecule has 0 saturated carbocycles. The second kappa shape index (κ2) is 8.80. The third kappa shape index (κ3) is 3.28. The van der Waals surface area contributed by atoms with Gasteiger partial charge in [-0.2, -0.15) is 0 Å². The summed E-state index contributed by atoms with van der Waals surface area (Å²) in [6.45, 7) is 5.86. The summed E-state index contributed by atoms with van der Waals surface area (Å²) in [7, 11) is 0. The lowest BCUT2D eigenvalue weighted by atomic mass is 10.1. The van der Waals surface area contributed by atoms with Crippen LogP contribution >= 0.6 is 0 Å². The van der Waals surface area contributed by atoms with Gasteiger partial charge in [-0.25, -0.2) is 15.0 Å². The molecule has 7 heteroatoms. The highest BCUT2D eigenvalue weighted by Gasteiger charge is 2.21. The van der Waals surface area contributed by atoms with Crippen molar-refractivity contribution in [2.24, 2.45) is 0 Å². The number of para-hydroxylation sites is 3. The van der Waals surface area contributed by atoms with Gasteiger partial charge in [0.2, 0.25) is 0 Å². The fourth-order valence-corrected chi connectivity index (χ4v) is 5.73. The van der Waals surface area contributed by atoms with Gasteiger partial charge in [0.1, 0.15) is 10.9 Å². The first kappa shape index (κ1) is 22.7. The van der Waals surface area contributed by atoms with Gasteiger partial charge < -0.3 is 4.57 Å². The van der Waals surface area contributed by atoms with E-state index in [1.54, 1.807) is 10.9 Å². The van der Waals surface area contributed by atoms with Gasteiger partial charge in [0.15, 0.2) is 11.3 Å². The van der Waals surface area contributed by atoms with E-state index in [-0.39, 0.29) is 5.56 Å². The van der Waals surface area contributed by atoms with Crippen molar-refractivity contribution in [1.29, 1.82) is 0 Å². The molecular formula is C31H28N6O. The van der Waals surface area contributed by atoms with Crippen molar-refractivity contribution in [1.82, 2.24) is 28.7 Å². The molecule has 4 aromatic heterocycles. The number of nitrogens with zero attached hydrogens (tertiary/aromatic N) is 6. The first-order chi connectivity index (χ1) is 18.7. The number of benzene rings is 3. The number of rotatable bonds is 6. The zero-order chi connectivity index (χ0) is 25.8. The Morgan fingerprint density at radius 3 is 2.37 bits per heavy atom. The first-order valence-electron chi connectivity index (χ1n) is 13.4. The van der Waals surface area contributed by atoms with E-state index in [1.165, 1.54) is 16.4 Å². The second-order valence-corrected chi connectivity index (χ2v) is 9.83. The Balaban J connectivity index is 1.56. The highest BCUT2D eigenvalue weighted by Crippen LogP contribution is 2.33. The molecule has 0 aliphatic carbocycles. The van der Waals surface area contributed by atoms with Crippen LogP contribution in [0.15, 0.2) is 77.9 Å². The molecule has 3 aromatic carbocycles. The zero-order valence-electron chi connectivity index (χ0n) is 21.6. The zero-order valence-corrected chi connectivity index (χ0v) is 21.6. The molecule has 7 aromatic rings. The molecule has 0 unspecified atom stereocenters. The molecule has 0 aliphatic heterocycles. The van der Waals surface area contributed by atoms with E-state index in [2.05, 4.69) is 60.9 Å². The van der Waals surface area contributed by atoms with Gasteiger partial charge in [-0.1, -0.05) is 50.1 Å². The summed E-state index contributed by atoms with van der Waals surface area (Å²) in [4.78, 5) is 28.6. The average Bonchev–Trinajstić information content (AvgIpc) is 3.45. The summed E-state index contributed by atoms with van der Waals surface area (Å²) in [6, 6.07) is 22.7. The monoisotopic (exact) mass is 500 g/mol. The number of hydrogen-bond donors (Lipinski definition) is 0. The Kier molecular flexibility index (Phi) is 5.25. The van der Waals surface area contributed by atoms with Gasteiger partial charge in [0, 0.05) is 40.6 Å².